The third kappa shape index (κ3) is 3.22. The molecule has 0 radical (unpaired) electrons. The smallest absolute Gasteiger partial charge is 0.254 e. The van der Waals surface area contributed by atoms with Gasteiger partial charge in [-0.05, 0) is 43.2 Å². The number of piperazine rings is 1. The van der Waals surface area contributed by atoms with Crippen molar-refractivity contribution < 1.29 is 14.3 Å². The highest BCUT2D eigenvalue weighted by atomic mass is 16.5. The molecular formula is C20H28N2O3. The summed E-state index contributed by atoms with van der Waals surface area (Å²) in [5.41, 5.74) is 0.643. The molecule has 3 fully saturated rings. The quantitative estimate of drug-likeness (QED) is 0.842. The molecule has 3 aliphatic rings. The molecule has 1 heterocycles. The normalized spacial score (nSPS) is 29.0. The zero-order valence-electron chi connectivity index (χ0n) is 15.2. The summed E-state index contributed by atoms with van der Waals surface area (Å²) < 4.78 is 10.6. The van der Waals surface area contributed by atoms with Crippen molar-refractivity contribution in [2.45, 2.75) is 31.7 Å². The van der Waals surface area contributed by atoms with Crippen LogP contribution in [0.1, 0.15) is 36.0 Å². The van der Waals surface area contributed by atoms with Gasteiger partial charge >= 0.3 is 0 Å². The Labute approximate surface area is 149 Å². The Kier molecular flexibility index (Phi) is 4.59. The first-order valence-corrected chi connectivity index (χ1v) is 9.44. The van der Waals surface area contributed by atoms with E-state index in [2.05, 4.69) is 4.90 Å². The van der Waals surface area contributed by atoms with Gasteiger partial charge in [-0.3, -0.25) is 9.69 Å². The number of benzene rings is 1. The van der Waals surface area contributed by atoms with Gasteiger partial charge in [-0.1, -0.05) is 6.42 Å². The van der Waals surface area contributed by atoms with Crippen LogP contribution in [0.5, 0.6) is 11.5 Å². The lowest BCUT2D eigenvalue weighted by Crippen LogP contribution is -2.53. The minimum atomic E-state index is 0.0739. The Balaban J connectivity index is 1.39. The van der Waals surface area contributed by atoms with Gasteiger partial charge in [0.2, 0.25) is 0 Å². The molecule has 2 bridgehead atoms. The number of methoxy groups -OCH3 is 2. The predicted molar refractivity (Wildman–Crippen MR) is 96.3 cm³/mol. The average Bonchev–Trinajstić information content (AvgIpc) is 3.30. The lowest BCUT2D eigenvalue weighted by Gasteiger charge is -2.41. The van der Waals surface area contributed by atoms with Crippen molar-refractivity contribution in [3.63, 3.8) is 0 Å². The molecule has 1 aromatic carbocycles. The molecular weight excluding hydrogens is 316 g/mol. The van der Waals surface area contributed by atoms with Crippen molar-refractivity contribution in [1.29, 1.82) is 0 Å². The van der Waals surface area contributed by atoms with Crippen LogP contribution in [0.15, 0.2) is 18.2 Å². The van der Waals surface area contributed by atoms with E-state index in [-0.39, 0.29) is 5.91 Å². The van der Waals surface area contributed by atoms with Gasteiger partial charge in [0.05, 0.1) is 14.2 Å². The molecule has 1 aromatic rings. The second-order valence-electron chi connectivity index (χ2n) is 7.67. The molecule has 1 aliphatic heterocycles. The Morgan fingerprint density at radius 2 is 1.64 bits per heavy atom. The van der Waals surface area contributed by atoms with E-state index in [0.29, 0.717) is 17.1 Å². The highest BCUT2D eigenvalue weighted by Crippen LogP contribution is 2.46. The number of hydrogen-bond acceptors (Lipinski definition) is 4. The summed E-state index contributed by atoms with van der Waals surface area (Å²) in [4.78, 5) is 17.5. The molecule has 5 nitrogen and oxygen atoms in total. The van der Waals surface area contributed by atoms with Crippen molar-refractivity contribution in [2.75, 3.05) is 40.4 Å². The zero-order valence-corrected chi connectivity index (χ0v) is 15.2. The Morgan fingerprint density at radius 1 is 0.960 bits per heavy atom. The molecule has 0 spiro atoms. The van der Waals surface area contributed by atoms with Gasteiger partial charge in [-0.25, -0.2) is 0 Å². The highest BCUT2D eigenvalue weighted by Gasteiger charge is 2.42. The number of rotatable bonds is 4. The van der Waals surface area contributed by atoms with Gasteiger partial charge in [-0.2, -0.15) is 0 Å². The number of hydrogen-bond donors (Lipinski definition) is 0. The van der Waals surface area contributed by atoms with Gasteiger partial charge in [0.25, 0.3) is 5.91 Å². The van der Waals surface area contributed by atoms with Crippen LogP contribution >= 0.6 is 0 Å². The third-order valence-electron chi connectivity index (χ3n) is 6.37. The average molecular weight is 344 g/mol. The van der Waals surface area contributed by atoms with E-state index >= 15 is 0 Å². The first-order valence-electron chi connectivity index (χ1n) is 9.44. The van der Waals surface area contributed by atoms with E-state index in [1.807, 2.05) is 4.90 Å². The molecule has 2 saturated carbocycles. The predicted octanol–water partition coefficient (Wildman–Crippen LogP) is 2.65. The van der Waals surface area contributed by atoms with Gasteiger partial charge in [0, 0.05) is 43.9 Å². The molecule has 2 aliphatic carbocycles. The largest absolute Gasteiger partial charge is 0.497 e. The fourth-order valence-electron chi connectivity index (χ4n) is 5.03. The zero-order chi connectivity index (χ0) is 17.4. The molecule has 25 heavy (non-hydrogen) atoms. The molecule has 3 atom stereocenters. The summed E-state index contributed by atoms with van der Waals surface area (Å²) in [7, 11) is 3.22. The first-order chi connectivity index (χ1) is 12.2. The van der Waals surface area contributed by atoms with Gasteiger partial charge in [0.15, 0.2) is 0 Å². The van der Waals surface area contributed by atoms with Gasteiger partial charge < -0.3 is 14.4 Å². The maximum absolute atomic E-state index is 12.9. The van der Waals surface area contributed by atoms with Crippen molar-refractivity contribution in [3.05, 3.63) is 23.8 Å². The summed E-state index contributed by atoms with van der Waals surface area (Å²) in [5, 5.41) is 0. The molecule has 136 valence electrons. The molecule has 1 saturated heterocycles. The highest BCUT2D eigenvalue weighted by molar-refractivity contribution is 5.95. The van der Waals surface area contributed by atoms with Gasteiger partial charge in [0.1, 0.15) is 11.5 Å². The van der Waals surface area contributed by atoms with E-state index in [4.69, 9.17) is 9.47 Å². The summed E-state index contributed by atoms with van der Waals surface area (Å²) in [6.45, 7) is 3.62. The van der Waals surface area contributed by atoms with Crippen LogP contribution < -0.4 is 9.47 Å². The summed E-state index contributed by atoms with van der Waals surface area (Å²) in [5.74, 6) is 3.27. The summed E-state index contributed by atoms with van der Waals surface area (Å²) in [6.07, 6.45) is 5.68. The van der Waals surface area contributed by atoms with Crippen molar-refractivity contribution in [2.24, 2.45) is 11.8 Å². The maximum Gasteiger partial charge on any atom is 0.254 e. The van der Waals surface area contributed by atoms with Crippen molar-refractivity contribution >= 4 is 5.91 Å². The summed E-state index contributed by atoms with van der Waals surface area (Å²) >= 11 is 0. The monoisotopic (exact) mass is 344 g/mol. The number of amides is 1. The van der Waals surface area contributed by atoms with E-state index in [0.717, 1.165) is 44.1 Å². The molecule has 0 unspecified atom stereocenters. The molecule has 1 amide bonds. The Bertz CT molecular complexity index is 618. The van der Waals surface area contributed by atoms with Crippen LogP contribution in [0.3, 0.4) is 0 Å². The lowest BCUT2D eigenvalue weighted by atomic mass is 9.93. The van der Waals surface area contributed by atoms with E-state index in [9.17, 15) is 4.79 Å². The number of nitrogens with zero attached hydrogens (tertiary/aromatic N) is 2. The van der Waals surface area contributed by atoms with Crippen LogP contribution in [-0.2, 0) is 0 Å². The topological polar surface area (TPSA) is 42.0 Å². The second-order valence-corrected chi connectivity index (χ2v) is 7.67. The molecule has 4 rings (SSSR count). The standard InChI is InChI=1S/C20H28N2O3/c1-24-17-11-16(12-18(13-17)25-2)20(23)22-7-5-21(6-8-22)19-10-14-3-4-15(19)9-14/h11-15,19H,3-10H2,1-2H3/t14-,15-,19+/m1/s1. The lowest BCUT2D eigenvalue weighted by molar-refractivity contribution is 0.0495. The minimum absolute atomic E-state index is 0.0739. The SMILES string of the molecule is COc1cc(OC)cc(C(=O)N2CCN([C@H]3C[C@@H]4CC[C@@H]3C4)CC2)c1. The minimum Gasteiger partial charge on any atom is -0.497 e. The number of ether oxygens (including phenoxy) is 2. The molecule has 0 aromatic heterocycles. The number of carbonyl (C=O) groups excluding carboxylic acids is 1. The van der Waals surface area contributed by atoms with E-state index < -0.39 is 0 Å². The molecule has 0 N–H and O–H groups in total. The second kappa shape index (κ2) is 6.87. The van der Waals surface area contributed by atoms with Crippen LogP contribution in [0.4, 0.5) is 0 Å². The van der Waals surface area contributed by atoms with Crippen LogP contribution in [-0.4, -0.2) is 62.1 Å². The van der Waals surface area contributed by atoms with Crippen LogP contribution in [0.2, 0.25) is 0 Å². The number of fused-ring (bicyclic) bond motifs is 2. The maximum atomic E-state index is 12.9. The van der Waals surface area contributed by atoms with Crippen molar-refractivity contribution in [3.8, 4) is 11.5 Å². The van der Waals surface area contributed by atoms with E-state index in [1.165, 1.54) is 25.7 Å². The van der Waals surface area contributed by atoms with Crippen LogP contribution in [0.25, 0.3) is 0 Å². The fourth-order valence-corrected chi connectivity index (χ4v) is 5.03. The first kappa shape index (κ1) is 16.7. The fraction of sp³-hybridized carbons (Fsp3) is 0.650. The summed E-state index contributed by atoms with van der Waals surface area (Å²) in [6, 6.07) is 6.16. The number of carbonyl (C=O) groups is 1. The van der Waals surface area contributed by atoms with Crippen molar-refractivity contribution in [1.82, 2.24) is 9.80 Å². The van der Waals surface area contributed by atoms with Gasteiger partial charge in [-0.15, -0.1) is 0 Å². The van der Waals surface area contributed by atoms with E-state index in [1.54, 1.807) is 32.4 Å². The third-order valence-corrected chi connectivity index (χ3v) is 6.37. The Hall–Kier alpha value is -1.75. The molecule has 5 heteroatoms. The van der Waals surface area contributed by atoms with Crippen LogP contribution in [0, 0.1) is 11.8 Å². The Morgan fingerprint density at radius 3 is 2.16 bits per heavy atom.